The lowest BCUT2D eigenvalue weighted by Crippen LogP contribution is -2.26. The van der Waals surface area contributed by atoms with E-state index in [1.807, 2.05) is 24.3 Å². The van der Waals surface area contributed by atoms with Crippen molar-refractivity contribution in [3.05, 3.63) is 76.0 Å². The van der Waals surface area contributed by atoms with E-state index >= 15 is 0 Å². The van der Waals surface area contributed by atoms with E-state index in [1.165, 1.54) is 12.1 Å². The van der Waals surface area contributed by atoms with E-state index in [4.69, 9.17) is 4.74 Å². The molecule has 6 heteroatoms. The van der Waals surface area contributed by atoms with Crippen LogP contribution in [-0.4, -0.2) is 15.5 Å². The lowest BCUT2D eigenvalue weighted by atomic mass is 10.2. The normalized spacial score (nSPS) is 10.9. The van der Waals surface area contributed by atoms with Crippen LogP contribution in [0.4, 0.5) is 4.39 Å². The van der Waals surface area contributed by atoms with Crippen LogP contribution in [0.15, 0.2) is 53.3 Å². The molecule has 2 aromatic carbocycles. The first kappa shape index (κ1) is 19.7. The smallest absolute Gasteiger partial charge is 0.306 e. The molecule has 1 aromatic heterocycles. The van der Waals surface area contributed by atoms with Crippen LogP contribution < -0.4 is 5.56 Å². The maximum Gasteiger partial charge on any atom is 0.306 e. The largest absolute Gasteiger partial charge is 0.461 e. The monoisotopic (exact) mass is 382 g/mol. The predicted octanol–water partition coefficient (Wildman–Crippen LogP) is 4.01. The zero-order valence-corrected chi connectivity index (χ0v) is 15.9. The number of carbonyl (C=O) groups excluding carboxylic acids is 1. The average molecular weight is 382 g/mol. The van der Waals surface area contributed by atoms with Gasteiger partial charge in [0.2, 0.25) is 0 Å². The third-order valence-electron chi connectivity index (χ3n) is 4.53. The van der Waals surface area contributed by atoms with E-state index in [0.29, 0.717) is 17.8 Å². The van der Waals surface area contributed by atoms with Crippen LogP contribution in [0, 0.1) is 5.82 Å². The number of esters is 1. The highest BCUT2D eigenvalue weighted by Crippen LogP contribution is 2.12. The first-order chi connectivity index (χ1) is 13.6. The van der Waals surface area contributed by atoms with Crippen molar-refractivity contribution in [2.75, 3.05) is 0 Å². The summed E-state index contributed by atoms with van der Waals surface area (Å²) in [5, 5.41) is 0. The molecule has 0 aliphatic carbocycles. The third-order valence-corrected chi connectivity index (χ3v) is 4.53. The van der Waals surface area contributed by atoms with Crippen molar-refractivity contribution in [1.82, 2.24) is 9.55 Å². The molecule has 0 bridgehead atoms. The second-order valence-electron chi connectivity index (χ2n) is 6.64. The van der Waals surface area contributed by atoms with Gasteiger partial charge in [0, 0.05) is 13.0 Å². The van der Waals surface area contributed by atoms with Crippen LogP contribution in [0.1, 0.15) is 37.4 Å². The number of hydrogen-bond donors (Lipinski definition) is 0. The number of aromatic nitrogens is 2. The molecule has 0 saturated heterocycles. The lowest BCUT2D eigenvalue weighted by Gasteiger charge is -2.12. The molecule has 0 unspecified atom stereocenters. The van der Waals surface area contributed by atoms with Crippen LogP contribution in [-0.2, 0) is 29.1 Å². The quantitative estimate of drug-likeness (QED) is 0.552. The number of ether oxygens (including phenoxy) is 1. The average Bonchev–Trinajstić information content (AvgIpc) is 2.71. The molecule has 1 heterocycles. The van der Waals surface area contributed by atoms with E-state index < -0.39 is 5.97 Å². The molecule has 0 spiro atoms. The summed E-state index contributed by atoms with van der Waals surface area (Å²) in [6, 6.07) is 13.3. The molecular weight excluding hydrogens is 359 g/mol. The lowest BCUT2D eigenvalue weighted by molar-refractivity contribution is -0.144. The third kappa shape index (κ3) is 4.82. The SMILES string of the molecule is CCCCn1c(=O)c(CCC(=O)OCc2ccc(F)cc2)nc2ccccc21. The van der Waals surface area contributed by atoms with Crippen molar-refractivity contribution in [1.29, 1.82) is 0 Å². The number of rotatable bonds is 8. The van der Waals surface area contributed by atoms with Crippen LogP contribution in [0.25, 0.3) is 11.0 Å². The second-order valence-corrected chi connectivity index (χ2v) is 6.64. The standard InChI is InChI=1S/C22H23FN2O3/c1-2-3-14-25-20-7-5-4-6-18(20)24-19(22(25)27)12-13-21(26)28-15-16-8-10-17(23)11-9-16/h4-11H,2-3,12-15H2,1H3. The number of benzene rings is 2. The van der Waals surface area contributed by atoms with E-state index in [1.54, 1.807) is 16.7 Å². The van der Waals surface area contributed by atoms with Gasteiger partial charge < -0.3 is 9.30 Å². The van der Waals surface area contributed by atoms with Crippen molar-refractivity contribution >= 4 is 17.0 Å². The number of carbonyl (C=O) groups is 1. The van der Waals surface area contributed by atoms with Gasteiger partial charge in [-0.2, -0.15) is 0 Å². The van der Waals surface area contributed by atoms with Crippen molar-refractivity contribution in [3.8, 4) is 0 Å². The van der Waals surface area contributed by atoms with Gasteiger partial charge in [-0.3, -0.25) is 9.59 Å². The number of para-hydroxylation sites is 2. The molecule has 0 N–H and O–H groups in total. The molecule has 3 aromatic rings. The zero-order chi connectivity index (χ0) is 19.9. The van der Waals surface area contributed by atoms with Crippen molar-refractivity contribution < 1.29 is 13.9 Å². The van der Waals surface area contributed by atoms with Crippen molar-refractivity contribution in [3.63, 3.8) is 0 Å². The number of nitrogens with zero attached hydrogens (tertiary/aromatic N) is 2. The fourth-order valence-electron chi connectivity index (χ4n) is 2.98. The first-order valence-corrected chi connectivity index (χ1v) is 9.47. The highest BCUT2D eigenvalue weighted by Gasteiger charge is 2.13. The summed E-state index contributed by atoms with van der Waals surface area (Å²) in [6.45, 7) is 2.78. The summed E-state index contributed by atoms with van der Waals surface area (Å²) in [6.07, 6.45) is 2.16. The fourth-order valence-corrected chi connectivity index (χ4v) is 2.98. The Hall–Kier alpha value is -3.02. The van der Waals surface area contributed by atoms with E-state index in [9.17, 15) is 14.0 Å². The van der Waals surface area contributed by atoms with Gasteiger partial charge in [0.25, 0.3) is 5.56 Å². The van der Waals surface area contributed by atoms with Gasteiger partial charge in [-0.05, 0) is 36.2 Å². The first-order valence-electron chi connectivity index (χ1n) is 9.47. The zero-order valence-electron chi connectivity index (χ0n) is 15.9. The summed E-state index contributed by atoms with van der Waals surface area (Å²) in [4.78, 5) is 29.3. The van der Waals surface area contributed by atoms with Gasteiger partial charge in [-0.25, -0.2) is 9.37 Å². The Balaban J connectivity index is 1.69. The van der Waals surface area contributed by atoms with Gasteiger partial charge in [-0.1, -0.05) is 37.6 Å². The Morgan fingerprint density at radius 3 is 2.64 bits per heavy atom. The molecule has 0 amide bonds. The summed E-state index contributed by atoms with van der Waals surface area (Å²) in [5.41, 5.74) is 2.48. The minimum atomic E-state index is -0.418. The number of aryl methyl sites for hydroxylation is 2. The fraction of sp³-hybridized carbons (Fsp3) is 0.318. The highest BCUT2D eigenvalue weighted by molar-refractivity contribution is 5.75. The Morgan fingerprint density at radius 1 is 1.14 bits per heavy atom. The van der Waals surface area contributed by atoms with Crippen LogP contribution in [0.2, 0.25) is 0 Å². The van der Waals surface area contributed by atoms with Crippen LogP contribution in [0.3, 0.4) is 0 Å². The minimum absolute atomic E-state index is 0.0650. The molecule has 28 heavy (non-hydrogen) atoms. The van der Waals surface area contributed by atoms with Gasteiger partial charge in [0.05, 0.1) is 17.5 Å². The maximum absolute atomic E-state index is 12.9. The van der Waals surface area contributed by atoms with E-state index in [-0.39, 0.29) is 30.8 Å². The molecule has 3 rings (SSSR count). The molecule has 146 valence electrons. The summed E-state index contributed by atoms with van der Waals surface area (Å²) < 4.78 is 19.9. The van der Waals surface area contributed by atoms with Crippen LogP contribution in [0.5, 0.6) is 0 Å². The number of fused-ring (bicyclic) bond motifs is 1. The van der Waals surface area contributed by atoms with Crippen molar-refractivity contribution in [2.24, 2.45) is 0 Å². The second kappa shape index (κ2) is 9.26. The molecule has 0 fully saturated rings. The minimum Gasteiger partial charge on any atom is -0.461 e. The highest BCUT2D eigenvalue weighted by atomic mass is 19.1. The van der Waals surface area contributed by atoms with Gasteiger partial charge >= 0.3 is 5.97 Å². The maximum atomic E-state index is 12.9. The van der Waals surface area contributed by atoms with Gasteiger partial charge in [0.15, 0.2) is 0 Å². The molecule has 0 aliphatic heterocycles. The Bertz CT molecular complexity index is 1010. The molecule has 0 saturated carbocycles. The summed E-state index contributed by atoms with van der Waals surface area (Å²) in [7, 11) is 0. The molecule has 0 atom stereocenters. The Kier molecular flexibility index (Phi) is 6.53. The number of halogens is 1. The van der Waals surface area contributed by atoms with Gasteiger partial charge in [0.1, 0.15) is 18.1 Å². The molecular formula is C22H23FN2O3. The van der Waals surface area contributed by atoms with Gasteiger partial charge in [-0.15, -0.1) is 0 Å². The topological polar surface area (TPSA) is 61.2 Å². The Labute approximate surface area is 162 Å². The summed E-state index contributed by atoms with van der Waals surface area (Å²) >= 11 is 0. The predicted molar refractivity (Wildman–Crippen MR) is 105 cm³/mol. The molecule has 0 aliphatic rings. The summed E-state index contributed by atoms with van der Waals surface area (Å²) in [5.74, 6) is -0.754. The number of hydrogen-bond acceptors (Lipinski definition) is 4. The molecule has 0 radical (unpaired) electrons. The van der Waals surface area contributed by atoms with Crippen molar-refractivity contribution in [2.45, 2.75) is 45.8 Å². The van der Waals surface area contributed by atoms with Crippen LogP contribution >= 0.6 is 0 Å². The van der Waals surface area contributed by atoms with E-state index in [2.05, 4.69) is 11.9 Å². The molecule has 5 nitrogen and oxygen atoms in total. The Morgan fingerprint density at radius 2 is 1.89 bits per heavy atom. The van der Waals surface area contributed by atoms with E-state index in [0.717, 1.165) is 23.9 Å². The number of unbranched alkanes of at least 4 members (excludes halogenated alkanes) is 1.